The number of nitrogens with one attached hydrogen (secondary N) is 1. The zero-order chi connectivity index (χ0) is 13.1. The van der Waals surface area contributed by atoms with Crippen LogP contribution in [0, 0.1) is 0 Å². The Kier molecular flexibility index (Phi) is 4.51. The molecule has 0 aliphatic heterocycles. The number of benzene rings is 1. The second-order valence-corrected chi connectivity index (χ2v) is 6.00. The summed E-state index contributed by atoms with van der Waals surface area (Å²) in [5.74, 6) is 1.40. The fraction of sp³-hybridized carbons (Fsp3) is 0.286. The third-order valence-corrected chi connectivity index (χ3v) is 4.44. The molecular weight excluding hydrogens is 358 g/mol. The molecule has 18 heavy (non-hydrogen) atoms. The number of furan rings is 1. The first-order chi connectivity index (χ1) is 8.58. The average Bonchev–Trinajstić information content (AvgIpc) is 2.66. The Morgan fingerprint density at radius 3 is 2.56 bits per heavy atom. The van der Waals surface area contributed by atoms with Crippen LogP contribution in [0.5, 0.6) is 0 Å². The molecule has 0 saturated heterocycles. The van der Waals surface area contributed by atoms with Crippen LogP contribution in [0.3, 0.4) is 0 Å². The molecule has 2 nitrogen and oxygen atoms in total. The van der Waals surface area contributed by atoms with Crippen LogP contribution in [0.25, 0.3) is 0 Å². The second-order valence-electron chi connectivity index (χ2n) is 4.43. The van der Waals surface area contributed by atoms with E-state index in [2.05, 4.69) is 69.2 Å². The van der Waals surface area contributed by atoms with Crippen molar-refractivity contribution < 1.29 is 4.42 Å². The Labute approximate surface area is 124 Å². The van der Waals surface area contributed by atoms with Crippen LogP contribution in [0.4, 0.5) is 5.69 Å². The highest BCUT2D eigenvalue weighted by molar-refractivity contribution is 9.13. The van der Waals surface area contributed by atoms with Gasteiger partial charge in [0.1, 0.15) is 5.76 Å². The molecule has 2 rings (SSSR count). The number of hydrogen-bond donors (Lipinski definition) is 1. The molecule has 0 amide bonds. The lowest BCUT2D eigenvalue weighted by molar-refractivity contribution is 0.494. The number of halogens is 2. The lowest BCUT2D eigenvalue weighted by Crippen LogP contribution is -2.02. The first kappa shape index (κ1) is 13.7. The predicted molar refractivity (Wildman–Crippen MR) is 82.0 cm³/mol. The molecule has 0 unspecified atom stereocenters. The molecule has 96 valence electrons. The molecular formula is C14H15Br2NO. The zero-order valence-corrected chi connectivity index (χ0v) is 13.5. The molecule has 1 aromatic heterocycles. The smallest absolute Gasteiger partial charge is 0.183 e. The summed E-state index contributed by atoms with van der Waals surface area (Å²) in [6, 6.07) is 10.3. The van der Waals surface area contributed by atoms with E-state index in [1.165, 1.54) is 5.56 Å². The van der Waals surface area contributed by atoms with Gasteiger partial charge in [0.2, 0.25) is 0 Å². The molecule has 2 aromatic rings. The van der Waals surface area contributed by atoms with Gasteiger partial charge in [-0.05, 0) is 55.5 Å². The van der Waals surface area contributed by atoms with Gasteiger partial charge in [-0.1, -0.05) is 32.0 Å². The normalized spacial score (nSPS) is 10.9. The van der Waals surface area contributed by atoms with E-state index >= 15 is 0 Å². The number of hydrogen-bond acceptors (Lipinski definition) is 2. The summed E-state index contributed by atoms with van der Waals surface area (Å²) < 4.78 is 7.22. The van der Waals surface area contributed by atoms with Gasteiger partial charge in [-0.3, -0.25) is 0 Å². The topological polar surface area (TPSA) is 25.2 Å². The minimum atomic E-state index is 0.503. The maximum atomic E-state index is 5.54. The summed E-state index contributed by atoms with van der Waals surface area (Å²) in [5.41, 5.74) is 2.48. The SMILES string of the molecule is CC(C)c1ccccc1NCc1cc(Br)c(Br)o1. The Bertz CT molecular complexity index is 515. The quantitative estimate of drug-likeness (QED) is 0.762. The van der Waals surface area contributed by atoms with Gasteiger partial charge in [-0.25, -0.2) is 0 Å². The van der Waals surface area contributed by atoms with E-state index in [4.69, 9.17) is 4.42 Å². The van der Waals surface area contributed by atoms with Crippen LogP contribution in [0.2, 0.25) is 0 Å². The van der Waals surface area contributed by atoms with E-state index in [-0.39, 0.29) is 0 Å². The van der Waals surface area contributed by atoms with E-state index in [1.54, 1.807) is 0 Å². The second kappa shape index (κ2) is 5.93. The molecule has 1 heterocycles. The van der Waals surface area contributed by atoms with E-state index in [9.17, 15) is 0 Å². The van der Waals surface area contributed by atoms with Crippen molar-refractivity contribution in [2.24, 2.45) is 0 Å². The summed E-state index contributed by atoms with van der Waals surface area (Å²) in [6.07, 6.45) is 0. The highest BCUT2D eigenvalue weighted by Crippen LogP contribution is 2.28. The maximum Gasteiger partial charge on any atom is 0.183 e. The molecule has 0 aliphatic carbocycles. The number of anilines is 1. The monoisotopic (exact) mass is 371 g/mol. The van der Waals surface area contributed by atoms with Crippen molar-refractivity contribution in [1.82, 2.24) is 0 Å². The van der Waals surface area contributed by atoms with Crippen molar-refractivity contribution in [3.05, 3.63) is 50.8 Å². The Hall–Kier alpha value is -0.740. The molecule has 1 N–H and O–H groups in total. The maximum absolute atomic E-state index is 5.54. The van der Waals surface area contributed by atoms with E-state index in [0.29, 0.717) is 12.5 Å². The molecule has 0 aliphatic rings. The fourth-order valence-corrected chi connectivity index (χ4v) is 2.48. The first-order valence-corrected chi connectivity index (χ1v) is 7.43. The zero-order valence-electron chi connectivity index (χ0n) is 10.3. The van der Waals surface area contributed by atoms with Crippen LogP contribution >= 0.6 is 31.9 Å². The average molecular weight is 373 g/mol. The van der Waals surface area contributed by atoms with E-state index in [0.717, 1.165) is 20.6 Å². The molecule has 0 bridgehead atoms. The summed E-state index contributed by atoms with van der Waals surface area (Å²) in [4.78, 5) is 0. The predicted octanol–water partition coefficient (Wildman–Crippen LogP) is 5.54. The van der Waals surface area contributed by atoms with Gasteiger partial charge in [0.15, 0.2) is 4.67 Å². The van der Waals surface area contributed by atoms with Crippen LogP contribution in [0.1, 0.15) is 31.1 Å². The van der Waals surface area contributed by atoms with Gasteiger partial charge in [0, 0.05) is 5.69 Å². The van der Waals surface area contributed by atoms with Crippen LogP contribution in [-0.4, -0.2) is 0 Å². The third-order valence-electron chi connectivity index (χ3n) is 2.73. The van der Waals surface area contributed by atoms with Crippen molar-refractivity contribution in [3.63, 3.8) is 0 Å². The molecule has 0 saturated carbocycles. The summed E-state index contributed by atoms with van der Waals surface area (Å²) in [5, 5.41) is 3.42. The van der Waals surface area contributed by atoms with Crippen molar-refractivity contribution in [3.8, 4) is 0 Å². The van der Waals surface area contributed by atoms with Gasteiger partial charge in [-0.15, -0.1) is 0 Å². The molecule has 0 fully saturated rings. The molecule has 0 atom stereocenters. The Morgan fingerprint density at radius 2 is 1.94 bits per heavy atom. The van der Waals surface area contributed by atoms with Gasteiger partial charge in [0.25, 0.3) is 0 Å². The van der Waals surface area contributed by atoms with Gasteiger partial charge in [-0.2, -0.15) is 0 Å². The standard InChI is InChI=1S/C14H15Br2NO/c1-9(2)11-5-3-4-6-13(11)17-8-10-7-12(15)14(16)18-10/h3-7,9,17H,8H2,1-2H3. The lowest BCUT2D eigenvalue weighted by Gasteiger charge is -2.13. The Balaban J connectivity index is 2.10. The summed E-state index contributed by atoms with van der Waals surface area (Å²) in [7, 11) is 0. The van der Waals surface area contributed by atoms with E-state index in [1.807, 2.05) is 12.1 Å². The summed E-state index contributed by atoms with van der Waals surface area (Å²) in [6.45, 7) is 5.06. The lowest BCUT2D eigenvalue weighted by atomic mass is 10.0. The summed E-state index contributed by atoms with van der Waals surface area (Å²) >= 11 is 6.75. The minimum absolute atomic E-state index is 0.503. The van der Waals surface area contributed by atoms with E-state index < -0.39 is 0 Å². The minimum Gasteiger partial charge on any atom is -0.451 e. The molecule has 4 heteroatoms. The van der Waals surface area contributed by atoms with Crippen molar-refractivity contribution in [2.45, 2.75) is 26.3 Å². The fourth-order valence-electron chi connectivity index (χ4n) is 1.82. The highest BCUT2D eigenvalue weighted by atomic mass is 79.9. The van der Waals surface area contributed by atoms with Crippen molar-refractivity contribution in [1.29, 1.82) is 0 Å². The third kappa shape index (κ3) is 3.18. The Morgan fingerprint density at radius 1 is 1.22 bits per heavy atom. The van der Waals surface area contributed by atoms with Crippen molar-refractivity contribution in [2.75, 3.05) is 5.32 Å². The molecule has 0 spiro atoms. The first-order valence-electron chi connectivity index (χ1n) is 5.84. The van der Waals surface area contributed by atoms with Crippen LogP contribution in [0.15, 0.2) is 43.9 Å². The largest absolute Gasteiger partial charge is 0.451 e. The van der Waals surface area contributed by atoms with Gasteiger partial charge < -0.3 is 9.73 Å². The van der Waals surface area contributed by atoms with Crippen LogP contribution in [-0.2, 0) is 6.54 Å². The molecule has 0 radical (unpaired) electrons. The van der Waals surface area contributed by atoms with Crippen molar-refractivity contribution >= 4 is 37.5 Å². The van der Waals surface area contributed by atoms with Gasteiger partial charge >= 0.3 is 0 Å². The van der Waals surface area contributed by atoms with Crippen LogP contribution < -0.4 is 5.32 Å². The molecule has 1 aromatic carbocycles. The highest BCUT2D eigenvalue weighted by Gasteiger charge is 2.08. The number of rotatable bonds is 4. The van der Waals surface area contributed by atoms with Gasteiger partial charge in [0.05, 0.1) is 11.0 Å². The number of para-hydroxylation sites is 1.